The van der Waals surface area contributed by atoms with Crippen molar-refractivity contribution in [2.45, 2.75) is 6.42 Å². The Hall–Kier alpha value is -3.02. The highest BCUT2D eigenvalue weighted by Gasteiger charge is 2.13. The molecule has 0 aliphatic rings. The fourth-order valence-electron chi connectivity index (χ4n) is 2.23. The van der Waals surface area contributed by atoms with Crippen molar-refractivity contribution in [2.75, 3.05) is 5.73 Å². The molecule has 21 heavy (non-hydrogen) atoms. The maximum Gasteiger partial charge on any atom is 0.273 e. The van der Waals surface area contributed by atoms with Crippen LogP contribution >= 0.6 is 0 Å². The molecule has 1 aromatic heterocycles. The summed E-state index contributed by atoms with van der Waals surface area (Å²) in [6.07, 6.45) is 1.85. The van der Waals surface area contributed by atoms with Crippen LogP contribution in [0, 0.1) is 16.2 Å². The Balaban J connectivity index is 2.01. The molecule has 103 valence electrons. The molecule has 3 rings (SSSR count). The van der Waals surface area contributed by atoms with Crippen molar-refractivity contribution in [3.8, 4) is 0 Å². The smallest absolute Gasteiger partial charge is 0.273 e. The number of aromatic nitrogens is 2. The minimum Gasteiger partial charge on any atom is -0.383 e. The van der Waals surface area contributed by atoms with Gasteiger partial charge in [0.15, 0.2) is 0 Å². The highest BCUT2D eigenvalue weighted by molar-refractivity contribution is 5.88. The van der Waals surface area contributed by atoms with Gasteiger partial charge in [-0.15, -0.1) is 0 Å². The van der Waals surface area contributed by atoms with Gasteiger partial charge >= 0.3 is 0 Å². The molecule has 0 bridgehead atoms. The van der Waals surface area contributed by atoms with Gasteiger partial charge in [-0.05, 0) is 23.8 Å². The first-order valence-electron chi connectivity index (χ1n) is 6.27. The zero-order chi connectivity index (χ0) is 14.8. The summed E-state index contributed by atoms with van der Waals surface area (Å²) < 4.78 is 0. The minimum atomic E-state index is -0.396. The van der Waals surface area contributed by atoms with Gasteiger partial charge in [-0.2, -0.15) is 0 Å². The number of nitro benzene ring substituents is 1. The molecule has 1 radical (unpaired) electrons. The summed E-state index contributed by atoms with van der Waals surface area (Å²) in [7, 11) is 0. The van der Waals surface area contributed by atoms with E-state index in [9.17, 15) is 10.1 Å². The third-order valence-corrected chi connectivity index (χ3v) is 3.25. The molecule has 0 spiro atoms. The van der Waals surface area contributed by atoms with Crippen molar-refractivity contribution in [1.29, 1.82) is 0 Å². The first kappa shape index (κ1) is 13.0. The Bertz CT molecular complexity index is 833. The lowest BCUT2D eigenvalue weighted by Gasteiger charge is -2.05. The number of rotatable bonds is 3. The number of anilines is 1. The molecule has 6 heteroatoms. The van der Waals surface area contributed by atoms with Crippen molar-refractivity contribution < 1.29 is 4.92 Å². The van der Waals surface area contributed by atoms with Crippen LogP contribution in [0.25, 0.3) is 10.9 Å². The van der Waals surface area contributed by atoms with E-state index in [4.69, 9.17) is 5.73 Å². The molecular formula is C15H11N4O2. The molecule has 0 aliphatic heterocycles. The van der Waals surface area contributed by atoms with Crippen molar-refractivity contribution >= 4 is 22.4 Å². The van der Waals surface area contributed by atoms with Crippen LogP contribution in [0.5, 0.6) is 0 Å². The van der Waals surface area contributed by atoms with Gasteiger partial charge in [0.05, 0.1) is 10.4 Å². The van der Waals surface area contributed by atoms with Gasteiger partial charge in [-0.1, -0.05) is 18.2 Å². The van der Waals surface area contributed by atoms with E-state index in [1.165, 1.54) is 12.4 Å². The molecule has 2 N–H and O–H groups in total. The molecule has 6 nitrogen and oxygen atoms in total. The lowest BCUT2D eigenvalue weighted by atomic mass is 10.0. The molecule has 1 heterocycles. The predicted molar refractivity (Wildman–Crippen MR) is 78.7 cm³/mol. The van der Waals surface area contributed by atoms with Gasteiger partial charge in [0.2, 0.25) is 0 Å². The van der Waals surface area contributed by atoms with Crippen LogP contribution in [0.1, 0.15) is 11.1 Å². The quantitative estimate of drug-likeness (QED) is 0.587. The summed E-state index contributed by atoms with van der Waals surface area (Å²) in [5.41, 5.74) is 8.14. The van der Waals surface area contributed by atoms with Crippen LogP contribution in [0.4, 0.5) is 11.5 Å². The first-order chi connectivity index (χ1) is 10.1. The Morgan fingerprint density at radius 2 is 2.14 bits per heavy atom. The van der Waals surface area contributed by atoms with Crippen molar-refractivity contribution in [3.05, 3.63) is 70.0 Å². The number of hydrogen-bond acceptors (Lipinski definition) is 5. The van der Waals surface area contributed by atoms with Crippen molar-refractivity contribution in [1.82, 2.24) is 9.97 Å². The van der Waals surface area contributed by atoms with E-state index in [0.29, 0.717) is 17.8 Å². The molecule has 0 saturated heterocycles. The normalized spacial score (nSPS) is 10.7. The van der Waals surface area contributed by atoms with Crippen LogP contribution < -0.4 is 5.73 Å². The molecule has 0 atom stereocenters. The number of nitrogens with zero attached hydrogens (tertiary/aromatic N) is 3. The summed E-state index contributed by atoms with van der Waals surface area (Å²) >= 11 is 0. The highest BCUT2D eigenvalue weighted by Crippen LogP contribution is 2.23. The summed E-state index contributed by atoms with van der Waals surface area (Å²) in [6, 6.07) is 13.1. The fourth-order valence-corrected chi connectivity index (χ4v) is 2.23. The zero-order valence-corrected chi connectivity index (χ0v) is 11.0. The largest absolute Gasteiger partial charge is 0.383 e. The molecule has 0 aliphatic carbocycles. The summed E-state index contributed by atoms with van der Waals surface area (Å²) in [6.45, 7) is 0. The van der Waals surface area contributed by atoms with Crippen molar-refractivity contribution in [2.24, 2.45) is 0 Å². The van der Waals surface area contributed by atoms with Crippen LogP contribution in [0.15, 0.2) is 42.7 Å². The third-order valence-electron chi connectivity index (χ3n) is 3.25. The maximum atomic E-state index is 11.0. The van der Waals surface area contributed by atoms with Crippen molar-refractivity contribution in [3.63, 3.8) is 0 Å². The Morgan fingerprint density at radius 3 is 2.95 bits per heavy atom. The Kier molecular flexibility index (Phi) is 3.19. The molecule has 3 aromatic rings. The van der Waals surface area contributed by atoms with Crippen LogP contribution in [-0.2, 0) is 6.42 Å². The molecule has 0 unspecified atom stereocenters. The van der Waals surface area contributed by atoms with Gasteiger partial charge < -0.3 is 5.73 Å². The van der Waals surface area contributed by atoms with Gasteiger partial charge in [0.25, 0.3) is 5.69 Å². The van der Waals surface area contributed by atoms with Crippen LogP contribution in [-0.4, -0.2) is 14.9 Å². The van der Waals surface area contributed by atoms with E-state index in [-0.39, 0.29) is 5.69 Å². The Labute approximate surface area is 120 Å². The molecular weight excluding hydrogens is 268 g/mol. The number of benzene rings is 2. The van der Waals surface area contributed by atoms with E-state index >= 15 is 0 Å². The van der Waals surface area contributed by atoms with E-state index in [1.807, 2.05) is 18.2 Å². The SMILES string of the molecule is Nc1ncnc2cc(Cc3cc[c]cc3[N+](=O)[O-])ccc12. The second-order valence-electron chi connectivity index (χ2n) is 4.60. The highest BCUT2D eigenvalue weighted by atomic mass is 16.6. The summed E-state index contributed by atoms with van der Waals surface area (Å²) in [5.74, 6) is 0.423. The number of fused-ring (bicyclic) bond motifs is 1. The molecule has 0 fully saturated rings. The number of hydrogen-bond donors (Lipinski definition) is 1. The number of nitrogens with two attached hydrogens (primary N) is 1. The number of nitrogen functional groups attached to an aromatic ring is 1. The predicted octanol–water partition coefficient (Wildman–Crippen LogP) is 2.51. The molecule has 2 aromatic carbocycles. The average Bonchev–Trinajstić information content (AvgIpc) is 2.48. The standard InChI is InChI=1S/C15H11N4O2/c16-15-12-6-5-10(8-13(12)17-9-18-15)7-11-3-1-2-4-14(11)19(20)21/h1,3-6,8-9H,7H2,(H2,16,17,18). The maximum absolute atomic E-state index is 11.0. The molecule has 0 saturated carbocycles. The summed E-state index contributed by atoms with van der Waals surface area (Å²) in [4.78, 5) is 18.7. The van der Waals surface area contributed by atoms with E-state index in [1.54, 1.807) is 12.1 Å². The van der Waals surface area contributed by atoms with Crippen LogP contribution in [0.2, 0.25) is 0 Å². The monoisotopic (exact) mass is 279 g/mol. The lowest BCUT2D eigenvalue weighted by Crippen LogP contribution is -1.97. The second-order valence-corrected chi connectivity index (χ2v) is 4.60. The average molecular weight is 279 g/mol. The van der Waals surface area contributed by atoms with E-state index in [2.05, 4.69) is 16.0 Å². The lowest BCUT2D eigenvalue weighted by molar-refractivity contribution is -0.385. The first-order valence-corrected chi connectivity index (χ1v) is 6.27. The molecule has 0 amide bonds. The van der Waals surface area contributed by atoms with Gasteiger partial charge in [-0.25, -0.2) is 9.97 Å². The van der Waals surface area contributed by atoms with E-state index < -0.39 is 4.92 Å². The minimum absolute atomic E-state index is 0.0693. The van der Waals surface area contributed by atoms with Gasteiger partial charge in [0, 0.05) is 23.4 Å². The third kappa shape index (κ3) is 2.51. The Morgan fingerprint density at radius 1 is 1.29 bits per heavy atom. The fraction of sp³-hybridized carbons (Fsp3) is 0.0667. The summed E-state index contributed by atoms with van der Waals surface area (Å²) in [5, 5.41) is 11.8. The van der Waals surface area contributed by atoms with E-state index in [0.717, 1.165) is 16.5 Å². The second kappa shape index (κ2) is 5.16. The van der Waals surface area contributed by atoms with Crippen LogP contribution in [0.3, 0.4) is 0 Å². The van der Waals surface area contributed by atoms with Gasteiger partial charge in [0.1, 0.15) is 12.1 Å². The topological polar surface area (TPSA) is 94.9 Å². The zero-order valence-electron chi connectivity index (χ0n) is 11.0. The van der Waals surface area contributed by atoms with Gasteiger partial charge in [-0.3, -0.25) is 10.1 Å². The number of nitro groups is 1.